The van der Waals surface area contributed by atoms with Crippen LogP contribution in [0.1, 0.15) is 10.4 Å². The van der Waals surface area contributed by atoms with Crippen LogP contribution in [0.3, 0.4) is 0 Å². The average molecular weight is 419 g/mol. The standard InChI is InChI=1S/C18H16Cl2N6O2/c19-15-6-1-12(11-16(15)20)17(27)21-7-8-22-18(28)25-13-2-4-14(5-3-13)26-23-9-10-24-26/h1-6,9-11H,7-8H2,(H,21,27)(H2,22,25,28). The summed E-state index contributed by atoms with van der Waals surface area (Å²) in [5.41, 5.74) is 1.79. The first-order valence-corrected chi connectivity index (χ1v) is 9.03. The molecule has 1 aromatic heterocycles. The number of aromatic nitrogens is 3. The normalized spacial score (nSPS) is 10.4. The van der Waals surface area contributed by atoms with Crippen molar-refractivity contribution < 1.29 is 9.59 Å². The summed E-state index contributed by atoms with van der Waals surface area (Å²) in [6, 6.07) is 11.3. The predicted molar refractivity (Wildman–Crippen MR) is 107 cm³/mol. The molecule has 144 valence electrons. The topological polar surface area (TPSA) is 101 Å². The van der Waals surface area contributed by atoms with Gasteiger partial charge in [-0.25, -0.2) is 4.79 Å². The van der Waals surface area contributed by atoms with Gasteiger partial charge in [0.1, 0.15) is 0 Å². The third-order valence-corrected chi connectivity index (χ3v) is 4.39. The second-order valence-corrected chi connectivity index (χ2v) is 6.45. The minimum absolute atomic E-state index is 0.258. The Kier molecular flexibility index (Phi) is 6.46. The van der Waals surface area contributed by atoms with E-state index in [9.17, 15) is 9.59 Å². The van der Waals surface area contributed by atoms with E-state index < -0.39 is 0 Å². The van der Waals surface area contributed by atoms with Crippen molar-refractivity contribution in [3.8, 4) is 5.69 Å². The van der Waals surface area contributed by atoms with Crippen LogP contribution in [0, 0.1) is 0 Å². The van der Waals surface area contributed by atoms with Crippen molar-refractivity contribution in [1.82, 2.24) is 25.6 Å². The SMILES string of the molecule is O=C(NCCNC(=O)c1ccc(Cl)c(Cl)c1)Nc1ccc(-n2nccn2)cc1. The molecular weight excluding hydrogens is 403 g/mol. The molecule has 1 heterocycles. The first-order chi connectivity index (χ1) is 13.5. The van der Waals surface area contributed by atoms with Crippen LogP contribution in [0.5, 0.6) is 0 Å². The number of benzene rings is 2. The second kappa shape index (κ2) is 9.20. The van der Waals surface area contributed by atoms with Crippen LogP contribution in [0.2, 0.25) is 10.0 Å². The van der Waals surface area contributed by atoms with Gasteiger partial charge in [-0.2, -0.15) is 15.0 Å². The average Bonchev–Trinajstić information content (AvgIpc) is 3.22. The van der Waals surface area contributed by atoms with Crippen LogP contribution in [-0.2, 0) is 0 Å². The van der Waals surface area contributed by atoms with E-state index >= 15 is 0 Å². The molecule has 0 aliphatic carbocycles. The highest BCUT2D eigenvalue weighted by Crippen LogP contribution is 2.22. The van der Waals surface area contributed by atoms with E-state index in [4.69, 9.17) is 23.2 Å². The molecule has 0 saturated heterocycles. The first kappa shape index (κ1) is 19.7. The molecule has 0 aliphatic heterocycles. The molecule has 8 nitrogen and oxygen atoms in total. The van der Waals surface area contributed by atoms with Crippen LogP contribution in [0.15, 0.2) is 54.9 Å². The fraction of sp³-hybridized carbons (Fsp3) is 0.111. The van der Waals surface area contributed by atoms with Crippen molar-refractivity contribution in [2.24, 2.45) is 0 Å². The van der Waals surface area contributed by atoms with Crippen molar-refractivity contribution in [2.75, 3.05) is 18.4 Å². The minimum atomic E-state index is -0.381. The minimum Gasteiger partial charge on any atom is -0.350 e. The largest absolute Gasteiger partial charge is 0.350 e. The van der Waals surface area contributed by atoms with Gasteiger partial charge in [0.15, 0.2) is 0 Å². The van der Waals surface area contributed by atoms with Crippen molar-refractivity contribution in [3.05, 3.63) is 70.5 Å². The summed E-state index contributed by atoms with van der Waals surface area (Å²) in [6.45, 7) is 0.518. The van der Waals surface area contributed by atoms with E-state index in [1.54, 1.807) is 48.8 Å². The lowest BCUT2D eigenvalue weighted by Crippen LogP contribution is -2.36. The Labute approximate surface area is 170 Å². The lowest BCUT2D eigenvalue weighted by molar-refractivity contribution is 0.0954. The van der Waals surface area contributed by atoms with E-state index in [1.165, 1.54) is 10.9 Å². The summed E-state index contributed by atoms with van der Waals surface area (Å²) in [5, 5.41) is 16.8. The number of halogens is 2. The van der Waals surface area contributed by atoms with Gasteiger partial charge < -0.3 is 16.0 Å². The molecule has 3 aromatic rings. The van der Waals surface area contributed by atoms with Crippen molar-refractivity contribution in [3.63, 3.8) is 0 Å². The molecule has 0 aliphatic rings. The Morgan fingerprint density at radius 3 is 2.25 bits per heavy atom. The van der Waals surface area contributed by atoms with Crippen LogP contribution in [0.25, 0.3) is 5.69 Å². The molecule has 0 spiro atoms. The van der Waals surface area contributed by atoms with Gasteiger partial charge >= 0.3 is 6.03 Å². The maximum Gasteiger partial charge on any atom is 0.319 e. The molecule has 0 bridgehead atoms. The van der Waals surface area contributed by atoms with E-state index in [-0.39, 0.29) is 25.0 Å². The fourth-order valence-corrected chi connectivity index (χ4v) is 2.59. The van der Waals surface area contributed by atoms with E-state index in [0.29, 0.717) is 21.3 Å². The van der Waals surface area contributed by atoms with Gasteiger partial charge in [0.2, 0.25) is 0 Å². The van der Waals surface area contributed by atoms with Gasteiger partial charge in [0.05, 0.1) is 28.1 Å². The third-order valence-electron chi connectivity index (χ3n) is 3.65. The highest BCUT2D eigenvalue weighted by atomic mass is 35.5. The molecule has 3 amide bonds. The maximum atomic E-state index is 12.0. The number of anilines is 1. The fourth-order valence-electron chi connectivity index (χ4n) is 2.29. The quantitative estimate of drug-likeness (QED) is 0.535. The van der Waals surface area contributed by atoms with Crippen LogP contribution in [0.4, 0.5) is 10.5 Å². The maximum absolute atomic E-state index is 12.0. The summed E-state index contributed by atoms with van der Waals surface area (Å²) in [5.74, 6) is -0.302. The smallest absolute Gasteiger partial charge is 0.319 e. The molecule has 28 heavy (non-hydrogen) atoms. The summed E-state index contributed by atoms with van der Waals surface area (Å²) in [6.07, 6.45) is 3.17. The van der Waals surface area contributed by atoms with E-state index in [2.05, 4.69) is 26.1 Å². The lowest BCUT2D eigenvalue weighted by Gasteiger charge is -2.09. The zero-order chi connectivity index (χ0) is 19.9. The Morgan fingerprint density at radius 1 is 0.893 bits per heavy atom. The van der Waals surface area contributed by atoms with Gasteiger partial charge in [-0.15, -0.1) is 0 Å². The summed E-state index contributed by atoms with van der Waals surface area (Å²) in [7, 11) is 0. The molecule has 0 atom stereocenters. The predicted octanol–water partition coefficient (Wildman–Crippen LogP) is 3.13. The Bertz CT molecular complexity index is 961. The molecule has 2 aromatic carbocycles. The second-order valence-electron chi connectivity index (χ2n) is 5.63. The third kappa shape index (κ3) is 5.21. The van der Waals surface area contributed by atoms with Gasteiger partial charge in [0.25, 0.3) is 5.91 Å². The molecule has 0 fully saturated rings. The number of hydrogen-bond donors (Lipinski definition) is 3. The number of nitrogens with one attached hydrogen (secondary N) is 3. The van der Waals surface area contributed by atoms with E-state index in [0.717, 1.165) is 5.69 Å². The molecule has 0 unspecified atom stereocenters. The summed E-state index contributed by atoms with van der Waals surface area (Å²) >= 11 is 11.7. The Hall–Kier alpha value is -3.10. The molecular formula is C18H16Cl2N6O2. The highest BCUT2D eigenvalue weighted by Gasteiger charge is 2.08. The zero-order valence-corrected chi connectivity index (χ0v) is 16.0. The van der Waals surface area contributed by atoms with Crippen LogP contribution in [-0.4, -0.2) is 40.0 Å². The summed E-state index contributed by atoms with van der Waals surface area (Å²) < 4.78 is 0. The number of carbonyl (C=O) groups excluding carboxylic acids is 2. The Morgan fingerprint density at radius 2 is 1.57 bits per heavy atom. The molecule has 10 heteroatoms. The molecule has 3 rings (SSSR count). The van der Waals surface area contributed by atoms with Gasteiger partial charge in [-0.3, -0.25) is 4.79 Å². The van der Waals surface area contributed by atoms with Crippen LogP contribution >= 0.6 is 23.2 Å². The van der Waals surface area contributed by atoms with Gasteiger partial charge in [0, 0.05) is 24.3 Å². The number of urea groups is 1. The van der Waals surface area contributed by atoms with Crippen molar-refractivity contribution in [1.29, 1.82) is 0 Å². The molecule has 3 N–H and O–H groups in total. The number of carbonyl (C=O) groups is 2. The number of rotatable bonds is 6. The first-order valence-electron chi connectivity index (χ1n) is 8.28. The van der Waals surface area contributed by atoms with E-state index in [1.807, 2.05) is 0 Å². The number of amides is 3. The molecule has 0 radical (unpaired) electrons. The monoisotopic (exact) mass is 418 g/mol. The van der Waals surface area contributed by atoms with Crippen molar-refractivity contribution in [2.45, 2.75) is 0 Å². The zero-order valence-electron chi connectivity index (χ0n) is 14.5. The number of hydrogen-bond acceptors (Lipinski definition) is 4. The van der Waals surface area contributed by atoms with Crippen molar-refractivity contribution >= 4 is 40.8 Å². The van der Waals surface area contributed by atoms with Crippen LogP contribution < -0.4 is 16.0 Å². The summed E-state index contributed by atoms with van der Waals surface area (Å²) in [4.78, 5) is 25.4. The number of nitrogens with zero attached hydrogens (tertiary/aromatic N) is 3. The highest BCUT2D eigenvalue weighted by molar-refractivity contribution is 6.42. The Balaban J connectivity index is 1.40. The molecule has 0 saturated carbocycles. The lowest BCUT2D eigenvalue weighted by atomic mass is 10.2. The van der Waals surface area contributed by atoms with Gasteiger partial charge in [-0.1, -0.05) is 23.2 Å². The van der Waals surface area contributed by atoms with Gasteiger partial charge in [-0.05, 0) is 42.5 Å².